The van der Waals surface area contributed by atoms with E-state index in [1.165, 1.54) is 25.7 Å². The van der Waals surface area contributed by atoms with Gasteiger partial charge in [0.25, 0.3) is 0 Å². The lowest BCUT2D eigenvalue weighted by atomic mass is 9.97. The van der Waals surface area contributed by atoms with Gasteiger partial charge in [-0.25, -0.2) is 4.98 Å². The second-order valence-corrected chi connectivity index (χ2v) is 5.37. The molecule has 1 aromatic rings. The van der Waals surface area contributed by atoms with E-state index < -0.39 is 0 Å². The summed E-state index contributed by atoms with van der Waals surface area (Å²) in [6, 6.07) is 3.96. The van der Waals surface area contributed by atoms with Gasteiger partial charge in [0.1, 0.15) is 5.82 Å². The summed E-state index contributed by atoms with van der Waals surface area (Å²) in [7, 11) is 0. The highest BCUT2D eigenvalue weighted by atomic mass is 32.1. The minimum absolute atomic E-state index is 0.646. The molecule has 1 heterocycles. The highest BCUT2D eigenvalue weighted by Gasteiger charge is 2.04. The van der Waals surface area contributed by atoms with Crippen LogP contribution in [0.1, 0.15) is 37.7 Å². The van der Waals surface area contributed by atoms with Crippen LogP contribution in [0, 0.1) is 6.92 Å². The van der Waals surface area contributed by atoms with Crippen LogP contribution in [0.15, 0.2) is 30.0 Å². The number of aryl methyl sites for hydroxylation is 1. The molecular weight excluding hydrogens is 254 g/mol. The Kier molecular flexibility index (Phi) is 5.33. The minimum atomic E-state index is 0.646. The van der Waals surface area contributed by atoms with Crippen LogP contribution in [0.4, 0.5) is 5.82 Å². The van der Waals surface area contributed by atoms with Gasteiger partial charge in [0.2, 0.25) is 0 Å². The maximum absolute atomic E-state index is 5.25. The second kappa shape index (κ2) is 7.24. The smallest absolute Gasteiger partial charge is 0.171 e. The zero-order valence-electron chi connectivity index (χ0n) is 11.4. The summed E-state index contributed by atoms with van der Waals surface area (Å²) < 4.78 is 0. The van der Waals surface area contributed by atoms with E-state index >= 15 is 0 Å². The number of pyridine rings is 1. The van der Waals surface area contributed by atoms with Gasteiger partial charge < -0.3 is 10.6 Å². The molecule has 0 unspecified atom stereocenters. The van der Waals surface area contributed by atoms with Gasteiger partial charge in [-0.1, -0.05) is 17.7 Å². The van der Waals surface area contributed by atoms with Gasteiger partial charge in [-0.2, -0.15) is 0 Å². The number of anilines is 1. The maximum Gasteiger partial charge on any atom is 0.171 e. The lowest BCUT2D eigenvalue weighted by Gasteiger charge is -2.14. The lowest BCUT2D eigenvalue weighted by molar-refractivity contribution is 0.669. The fourth-order valence-electron chi connectivity index (χ4n) is 2.17. The molecule has 1 aromatic heterocycles. The molecule has 0 atom stereocenters. The third kappa shape index (κ3) is 4.99. The molecular formula is C15H21N3S. The number of hydrogen-bond acceptors (Lipinski definition) is 2. The molecule has 2 rings (SSSR count). The molecule has 2 N–H and O–H groups in total. The Morgan fingerprint density at radius 1 is 1.37 bits per heavy atom. The van der Waals surface area contributed by atoms with E-state index in [9.17, 15) is 0 Å². The van der Waals surface area contributed by atoms with Crippen molar-refractivity contribution in [3.8, 4) is 0 Å². The highest BCUT2D eigenvalue weighted by Crippen LogP contribution is 2.19. The largest absolute Gasteiger partial charge is 0.362 e. The fraction of sp³-hybridized carbons (Fsp3) is 0.467. The number of nitrogens with zero attached hydrogens (tertiary/aromatic N) is 1. The average Bonchev–Trinajstić information content (AvgIpc) is 2.43. The summed E-state index contributed by atoms with van der Waals surface area (Å²) in [6.45, 7) is 2.91. The van der Waals surface area contributed by atoms with Crippen molar-refractivity contribution in [2.45, 2.75) is 39.0 Å². The highest BCUT2D eigenvalue weighted by molar-refractivity contribution is 7.80. The first-order chi connectivity index (χ1) is 9.24. The summed E-state index contributed by atoms with van der Waals surface area (Å²) >= 11 is 5.25. The van der Waals surface area contributed by atoms with Crippen LogP contribution in [-0.4, -0.2) is 16.6 Å². The van der Waals surface area contributed by atoms with Crippen LogP contribution in [0.25, 0.3) is 0 Å². The number of hydrogen-bond donors (Lipinski definition) is 2. The maximum atomic E-state index is 5.25. The quantitative estimate of drug-likeness (QED) is 0.650. The van der Waals surface area contributed by atoms with Gasteiger partial charge in [0.05, 0.1) is 0 Å². The van der Waals surface area contributed by atoms with Gasteiger partial charge in [-0.05, 0) is 62.9 Å². The number of rotatable bonds is 4. The molecule has 0 saturated heterocycles. The van der Waals surface area contributed by atoms with Crippen molar-refractivity contribution < 1.29 is 0 Å². The molecule has 102 valence electrons. The summed E-state index contributed by atoms with van der Waals surface area (Å²) in [5.74, 6) is 0.792. The van der Waals surface area contributed by atoms with Crippen molar-refractivity contribution >= 4 is 23.1 Å². The van der Waals surface area contributed by atoms with Crippen molar-refractivity contribution in [2.24, 2.45) is 0 Å². The molecule has 0 aromatic carbocycles. The van der Waals surface area contributed by atoms with Crippen molar-refractivity contribution in [3.05, 3.63) is 35.5 Å². The van der Waals surface area contributed by atoms with E-state index in [1.807, 2.05) is 25.3 Å². The summed E-state index contributed by atoms with van der Waals surface area (Å²) in [6.07, 6.45) is 10.5. The molecule has 0 fully saturated rings. The van der Waals surface area contributed by atoms with Gasteiger partial charge >= 0.3 is 0 Å². The Morgan fingerprint density at radius 2 is 2.26 bits per heavy atom. The fourth-order valence-corrected chi connectivity index (χ4v) is 2.38. The monoisotopic (exact) mass is 275 g/mol. The Bertz CT molecular complexity index is 451. The van der Waals surface area contributed by atoms with E-state index in [4.69, 9.17) is 12.2 Å². The molecule has 0 saturated carbocycles. The Labute approximate surface area is 120 Å². The molecule has 0 radical (unpaired) electrons. The average molecular weight is 275 g/mol. The molecule has 0 spiro atoms. The topological polar surface area (TPSA) is 37.0 Å². The number of allylic oxidation sites excluding steroid dienone is 1. The molecule has 1 aliphatic rings. The Balaban J connectivity index is 1.69. The van der Waals surface area contributed by atoms with Crippen molar-refractivity contribution in [2.75, 3.05) is 11.9 Å². The van der Waals surface area contributed by atoms with Crippen molar-refractivity contribution in [1.82, 2.24) is 10.3 Å². The van der Waals surface area contributed by atoms with E-state index in [1.54, 1.807) is 5.57 Å². The van der Waals surface area contributed by atoms with Gasteiger partial charge in [-0.15, -0.1) is 0 Å². The first kappa shape index (κ1) is 14.0. The second-order valence-electron chi connectivity index (χ2n) is 4.96. The van der Waals surface area contributed by atoms with Crippen molar-refractivity contribution in [3.63, 3.8) is 0 Å². The third-order valence-electron chi connectivity index (χ3n) is 3.27. The van der Waals surface area contributed by atoms with Crippen molar-refractivity contribution in [1.29, 1.82) is 0 Å². The number of aromatic nitrogens is 1. The Hall–Kier alpha value is -1.42. The summed E-state index contributed by atoms with van der Waals surface area (Å²) in [4.78, 5) is 4.27. The van der Waals surface area contributed by atoms with Crippen LogP contribution in [0.5, 0.6) is 0 Å². The molecule has 1 aliphatic carbocycles. The van der Waals surface area contributed by atoms with Crippen LogP contribution in [-0.2, 0) is 0 Å². The van der Waals surface area contributed by atoms with Crippen LogP contribution in [0.3, 0.4) is 0 Å². The predicted octanol–water partition coefficient (Wildman–Crippen LogP) is 3.57. The molecule has 0 aliphatic heterocycles. The molecule has 0 amide bonds. The van der Waals surface area contributed by atoms with Gasteiger partial charge in [-0.3, -0.25) is 0 Å². The van der Waals surface area contributed by atoms with E-state index in [-0.39, 0.29) is 0 Å². The van der Waals surface area contributed by atoms with Crippen LogP contribution >= 0.6 is 12.2 Å². The first-order valence-corrected chi connectivity index (χ1v) is 7.30. The zero-order valence-corrected chi connectivity index (χ0v) is 12.2. The molecule has 4 heteroatoms. The third-order valence-corrected chi connectivity index (χ3v) is 3.52. The SMILES string of the molecule is Cc1ccc(NC(=S)NCCC2=CCCCC2)nc1. The Morgan fingerprint density at radius 3 is 2.95 bits per heavy atom. The van der Waals surface area contributed by atoms with E-state index in [0.717, 1.165) is 24.3 Å². The van der Waals surface area contributed by atoms with E-state index in [2.05, 4.69) is 21.7 Å². The molecule has 3 nitrogen and oxygen atoms in total. The number of thiocarbonyl (C=S) groups is 1. The van der Waals surface area contributed by atoms with E-state index in [0.29, 0.717) is 5.11 Å². The molecule has 0 bridgehead atoms. The van der Waals surface area contributed by atoms with Crippen LogP contribution in [0.2, 0.25) is 0 Å². The predicted molar refractivity (Wildman–Crippen MR) is 84.4 cm³/mol. The van der Waals surface area contributed by atoms with Gasteiger partial charge in [0.15, 0.2) is 5.11 Å². The standard InChI is InChI=1S/C15H21N3S/c1-12-7-8-14(17-11-12)18-15(19)16-10-9-13-5-3-2-4-6-13/h5,7-8,11H,2-4,6,9-10H2,1H3,(H2,16,17,18,19). The van der Waals surface area contributed by atoms with Gasteiger partial charge in [0, 0.05) is 12.7 Å². The van der Waals surface area contributed by atoms with Crippen LogP contribution < -0.4 is 10.6 Å². The molecule has 19 heavy (non-hydrogen) atoms. The first-order valence-electron chi connectivity index (χ1n) is 6.89. The minimum Gasteiger partial charge on any atom is -0.362 e. The summed E-state index contributed by atoms with van der Waals surface area (Å²) in [5, 5.41) is 6.98. The lowest BCUT2D eigenvalue weighted by Crippen LogP contribution is -2.29. The zero-order chi connectivity index (χ0) is 13.5. The normalized spacial score (nSPS) is 14.7. The number of nitrogens with one attached hydrogen (secondary N) is 2. The summed E-state index contributed by atoms with van der Waals surface area (Å²) in [5.41, 5.74) is 2.71.